The van der Waals surface area contributed by atoms with E-state index in [9.17, 15) is 0 Å². The lowest BCUT2D eigenvalue weighted by Gasteiger charge is -1.77. The van der Waals surface area contributed by atoms with Crippen molar-refractivity contribution in [2.24, 2.45) is 0 Å². The highest BCUT2D eigenvalue weighted by atomic mass is 16.3. The summed E-state index contributed by atoms with van der Waals surface area (Å²) >= 11 is 0. The van der Waals surface area contributed by atoms with E-state index >= 15 is 0 Å². The molecule has 0 atom stereocenters. The second-order valence-electron chi connectivity index (χ2n) is 1.62. The molecule has 41 valence electrons. The largest absolute Gasteiger partial charge is 0.432 e. The van der Waals surface area contributed by atoms with Crippen LogP contribution in [0.2, 0.25) is 0 Å². The third kappa shape index (κ3) is 0.598. The molecule has 0 aliphatic rings. The summed E-state index contributed by atoms with van der Waals surface area (Å²) in [5.41, 5.74) is 1.38. The lowest BCUT2D eigenvalue weighted by atomic mass is 10.3. The van der Waals surface area contributed by atoms with Crippen molar-refractivity contribution in [1.29, 1.82) is 0 Å². The van der Waals surface area contributed by atoms with Gasteiger partial charge < -0.3 is 4.42 Å². The highest BCUT2D eigenvalue weighted by Gasteiger charge is 1.93. The fourth-order valence-corrected chi connectivity index (χ4v) is 0.651. The third-order valence-corrected chi connectivity index (χ3v) is 1.06. The van der Waals surface area contributed by atoms with Gasteiger partial charge in [-0.05, 0) is 18.2 Å². The molecule has 1 heterocycles. The number of fused-ring (bicyclic) bond motifs is 1. The van der Waals surface area contributed by atoms with Crippen molar-refractivity contribution in [1.82, 2.24) is 4.98 Å². The number of aromatic nitrogens is 1. The molecule has 2 nitrogen and oxygen atoms in total. The van der Waals surface area contributed by atoms with Gasteiger partial charge in [-0.15, -0.1) is 0 Å². The van der Waals surface area contributed by atoms with Crippen molar-refractivity contribution in [2.45, 2.75) is 0 Å². The van der Waals surface area contributed by atoms with Crippen LogP contribution in [0.15, 0.2) is 16.5 Å². The maximum Gasteiger partial charge on any atom is 0.284 e. The Morgan fingerprint density at radius 3 is 3.44 bits per heavy atom. The number of hydrogen-bond donors (Lipinski definition) is 0. The van der Waals surface area contributed by atoms with Crippen molar-refractivity contribution < 1.29 is 4.42 Å². The molecule has 2 aromatic rings. The summed E-state index contributed by atoms with van der Waals surface area (Å²) < 4.78 is 4.83. The zero-order valence-electron chi connectivity index (χ0n) is 4.51. The smallest absolute Gasteiger partial charge is 0.284 e. The molecular weight excluding hydrogens is 114 g/mol. The number of oxazole rings is 1. The maximum absolute atomic E-state index is 4.83. The van der Waals surface area contributed by atoms with Gasteiger partial charge in [-0.2, -0.15) is 0 Å². The molecule has 0 aliphatic carbocycles. The van der Waals surface area contributed by atoms with Gasteiger partial charge in [0, 0.05) is 6.07 Å². The Kier molecular flexibility index (Phi) is 0.803. The molecule has 0 N–H and O–H groups in total. The highest BCUT2D eigenvalue weighted by molar-refractivity contribution is 5.70. The van der Waals surface area contributed by atoms with E-state index < -0.39 is 0 Å². The molecule has 0 saturated heterocycles. The predicted octanol–water partition coefficient (Wildman–Crippen LogP) is 1.23. The summed E-state index contributed by atoms with van der Waals surface area (Å²) in [6.45, 7) is 0. The molecule has 0 aliphatic heterocycles. The first-order valence-corrected chi connectivity index (χ1v) is 2.52. The van der Waals surface area contributed by atoms with Crippen LogP contribution < -0.4 is 0 Å². The van der Waals surface area contributed by atoms with E-state index in [4.69, 9.17) is 4.42 Å². The monoisotopic (exact) mass is 116 g/mol. The number of rotatable bonds is 0. The molecule has 9 heavy (non-hydrogen) atoms. The van der Waals surface area contributed by atoms with Crippen LogP contribution in [0.5, 0.6) is 0 Å². The van der Waals surface area contributed by atoms with Crippen molar-refractivity contribution in [3.63, 3.8) is 0 Å². The van der Waals surface area contributed by atoms with Crippen LogP contribution in [0.4, 0.5) is 0 Å². The zero-order chi connectivity index (χ0) is 6.10. The Hall–Kier alpha value is -1.31. The van der Waals surface area contributed by atoms with Gasteiger partial charge in [-0.3, -0.25) is 0 Å². The third-order valence-electron chi connectivity index (χ3n) is 1.06. The minimum atomic E-state index is 0.678. The van der Waals surface area contributed by atoms with Gasteiger partial charge in [0.15, 0.2) is 5.58 Å². The Labute approximate surface area is 52.1 Å². The van der Waals surface area contributed by atoms with Crippen LogP contribution >= 0.6 is 0 Å². The fraction of sp³-hybridized carbons (Fsp3) is 0. The number of benzene rings is 1. The van der Waals surface area contributed by atoms with Crippen LogP contribution in [0.1, 0.15) is 0 Å². The summed E-state index contributed by atoms with van der Waals surface area (Å²) in [6.07, 6.45) is 2.36. The van der Waals surface area contributed by atoms with Gasteiger partial charge in [-0.25, -0.2) is 4.98 Å². The fourth-order valence-electron chi connectivity index (χ4n) is 0.651. The predicted molar refractivity (Wildman–Crippen MR) is 30.5 cm³/mol. The summed E-state index contributed by atoms with van der Waals surface area (Å²) in [4.78, 5) is 3.74. The number of hydrogen-bond acceptors (Lipinski definition) is 2. The second kappa shape index (κ2) is 1.58. The zero-order valence-corrected chi connectivity index (χ0v) is 4.51. The van der Waals surface area contributed by atoms with Gasteiger partial charge in [0.25, 0.3) is 6.39 Å². The Balaban J connectivity index is 2.95. The summed E-state index contributed by atoms with van der Waals surface area (Å²) in [7, 11) is 0. The van der Waals surface area contributed by atoms with Crippen molar-refractivity contribution in [2.75, 3.05) is 0 Å². The second-order valence-corrected chi connectivity index (χ2v) is 1.62. The van der Waals surface area contributed by atoms with E-state index in [2.05, 4.69) is 23.5 Å². The molecule has 2 rings (SSSR count). The first kappa shape index (κ1) is 4.56. The molecule has 2 heteroatoms. The minimum absolute atomic E-state index is 0.678. The van der Waals surface area contributed by atoms with Gasteiger partial charge in [0.2, 0.25) is 0 Å². The highest BCUT2D eigenvalue weighted by Crippen LogP contribution is 2.07. The van der Waals surface area contributed by atoms with Gasteiger partial charge in [0.1, 0.15) is 5.52 Å². The molecule has 0 saturated carbocycles. The first-order chi connectivity index (χ1) is 4.47. The summed E-state index contributed by atoms with van der Waals surface area (Å²) in [5.74, 6) is 0. The standard InChI is InChI=1S/C7H2NO/c1-2-4-7-6(3-1)8-5-9-7/h2,4H. The molecule has 0 amide bonds. The Morgan fingerprint density at radius 2 is 2.56 bits per heavy atom. The van der Waals surface area contributed by atoms with Gasteiger partial charge in [0.05, 0.1) is 0 Å². The lowest BCUT2D eigenvalue weighted by molar-refractivity contribution is 0.591. The lowest BCUT2D eigenvalue weighted by Crippen LogP contribution is -1.63. The van der Waals surface area contributed by atoms with Crippen LogP contribution in [0.3, 0.4) is 0 Å². The van der Waals surface area contributed by atoms with E-state index in [-0.39, 0.29) is 0 Å². The van der Waals surface area contributed by atoms with E-state index in [0.717, 1.165) is 0 Å². The van der Waals surface area contributed by atoms with Crippen LogP contribution in [-0.4, -0.2) is 4.98 Å². The normalized spacial score (nSPS) is 10.2. The molecular formula is C7H2NO. The molecule has 0 fully saturated rings. The Bertz CT molecular complexity index is 283. The van der Waals surface area contributed by atoms with Crippen molar-refractivity contribution in [3.05, 3.63) is 30.7 Å². The SMILES string of the molecule is [c]1[c]c2n[c]oc2cc1. The van der Waals surface area contributed by atoms with Crippen molar-refractivity contribution in [3.8, 4) is 0 Å². The van der Waals surface area contributed by atoms with E-state index in [1.165, 1.54) is 0 Å². The van der Waals surface area contributed by atoms with E-state index in [1.54, 1.807) is 12.1 Å². The summed E-state index contributed by atoms with van der Waals surface area (Å²) in [5, 5.41) is 0. The molecule has 0 unspecified atom stereocenters. The van der Waals surface area contributed by atoms with E-state index in [1.807, 2.05) is 0 Å². The summed E-state index contributed by atoms with van der Waals surface area (Å²) in [6, 6.07) is 9.02. The Morgan fingerprint density at radius 1 is 1.56 bits per heavy atom. The average Bonchev–Trinajstić information content (AvgIpc) is 2.33. The van der Waals surface area contributed by atoms with E-state index in [0.29, 0.717) is 11.1 Å². The average molecular weight is 116 g/mol. The topological polar surface area (TPSA) is 26.0 Å². The molecule has 0 spiro atoms. The molecule has 1 aromatic carbocycles. The number of nitrogens with zero attached hydrogens (tertiary/aromatic N) is 1. The van der Waals surface area contributed by atoms with Crippen LogP contribution in [0, 0.1) is 18.5 Å². The van der Waals surface area contributed by atoms with Gasteiger partial charge in [-0.1, -0.05) is 0 Å². The quantitative estimate of drug-likeness (QED) is 0.517. The molecule has 3 radical (unpaired) electrons. The molecule has 1 aromatic heterocycles. The molecule has 0 bridgehead atoms. The van der Waals surface area contributed by atoms with Crippen molar-refractivity contribution >= 4 is 11.1 Å². The first-order valence-electron chi connectivity index (χ1n) is 2.52. The van der Waals surface area contributed by atoms with Crippen LogP contribution in [0.25, 0.3) is 11.1 Å². The maximum atomic E-state index is 4.83. The minimum Gasteiger partial charge on any atom is -0.432 e. The van der Waals surface area contributed by atoms with Crippen LogP contribution in [-0.2, 0) is 0 Å². The van der Waals surface area contributed by atoms with Gasteiger partial charge >= 0.3 is 0 Å².